The molecule has 1 aliphatic rings. The predicted octanol–water partition coefficient (Wildman–Crippen LogP) is 3.62. The van der Waals surface area contributed by atoms with Crippen LogP contribution < -0.4 is 0 Å². The molecule has 1 aliphatic heterocycles. The molecule has 0 saturated carbocycles. The smallest absolute Gasteiger partial charge is 0.338 e. The predicted molar refractivity (Wildman–Crippen MR) is 106 cm³/mol. The molecule has 2 aromatic carbocycles. The summed E-state index contributed by atoms with van der Waals surface area (Å²) in [7, 11) is -2.99. The van der Waals surface area contributed by atoms with Crippen molar-refractivity contribution in [3.8, 4) is 0 Å². The summed E-state index contributed by atoms with van der Waals surface area (Å²) < 4.78 is 29.0. The first kappa shape index (κ1) is 20.1. The van der Waals surface area contributed by atoms with Crippen molar-refractivity contribution >= 4 is 39.0 Å². The first-order valence-electron chi connectivity index (χ1n) is 8.47. The molecule has 1 saturated heterocycles. The quantitative estimate of drug-likeness (QED) is 0.681. The van der Waals surface area contributed by atoms with Crippen molar-refractivity contribution in [3.63, 3.8) is 0 Å². The Hall–Kier alpha value is -1.60. The van der Waals surface area contributed by atoms with E-state index in [1.807, 2.05) is 35.2 Å². The highest BCUT2D eigenvalue weighted by atomic mass is 35.5. The van der Waals surface area contributed by atoms with Gasteiger partial charge in [0.1, 0.15) is 6.61 Å². The van der Waals surface area contributed by atoms with Gasteiger partial charge in [0.2, 0.25) is 0 Å². The molecule has 0 radical (unpaired) electrons. The Kier molecular flexibility index (Phi) is 6.42. The summed E-state index contributed by atoms with van der Waals surface area (Å²) in [5.74, 6) is -0.284. The van der Waals surface area contributed by atoms with Gasteiger partial charge in [0.05, 0.1) is 33.2 Å². The number of sulfone groups is 1. The van der Waals surface area contributed by atoms with Crippen molar-refractivity contribution < 1.29 is 17.9 Å². The van der Waals surface area contributed by atoms with Crippen LogP contribution in [0.5, 0.6) is 0 Å². The zero-order chi connectivity index (χ0) is 19.4. The number of hydrogen-bond donors (Lipinski definition) is 0. The second kappa shape index (κ2) is 8.61. The Morgan fingerprint density at radius 2 is 1.70 bits per heavy atom. The number of hydrogen-bond acceptors (Lipinski definition) is 5. The fourth-order valence-electron chi connectivity index (χ4n) is 2.99. The first-order chi connectivity index (χ1) is 12.9. The van der Waals surface area contributed by atoms with E-state index in [4.69, 9.17) is 27.9 Å². The van der Waals surface area contributed by atoms with Gasteiger partial charge in [-0.25, -0.2) is 13.2 Å². The highest BCUT2D eigenvalue weighted by Crippen LogP contribution is 2.25. The number of esters is 1. The highest BCUT2D eigenvalue weighted by Gasteiger charge is 2.29. The molecule has 2 aromatic rings. The highest BCUT2D eigenvalue weighted by molar-refractivity contribution is 7.91. The third kappa shape index (κ3) is 5.23. The van der Waals surface area contributed by atoms with Gasteiger partial charge in [0.25, 0.3) is 0 Å². The van der Waals surface area contributed by atoms with E-state index in [1.165, 1.54) is 6.07 Å². The fraction of sp³-hybridized carbons (Fsp3) is 0.316. The zero-order valence-corrected chi connectivity index (χ0v) is 16.8. The van der Waals surface area contributed by atoms with Gasteiger partial charge in [-0.05, 0) is 23.8 Å². The number of benzene rings is 2. The van der Waals surface area contributed by atoms with Crippen molar-refractivity contribution in [3.05, 3.63) is 69.7 Å². The lowest BCUT2D eigenvalue weighted by Gasteiger charge is -2.34. The van der Waals surface area contributed by atoms with Crippen LogP contribution in [0.2, 0.25) is 10.0 Å². The minimum absolute atomic E-state index is 0.108. The standard InChI is InChI=1S/C19H19Cl2NO4S/c20-16-7-6-15(12-17(16)21)19(23)26-13-18(14-4-2-1-3-5-14)22-8-10-27(24,25)11-9-22/h1-7,12,18H,8-11,13H2. The SMILES string of the molecule is O=C(OCC(c1ccccc1)N1CCS(=O)(=O)CC1)c1ccc(Cl)c(Cl)c1. The maximum Gasteiger partial charge on any atom is 0.338 e. The van der Waals surface area contributed by atoms with Gasteiger partial charge in [-0.15, -0.1) is 0 Å². The molecule has 1 fully saturated rings. The second-order valence-corrected chi connectivity index (χ2v) is 9.46. The molecule has 0 spiro atoms. The van der Waals surface area contributed by atoms with Gasteiger partial charge in [0, 0.05) is 13.1 Å². The van der Waals surface area contributed by atoms with Gasteiger partial charge in [-0.2, -0.15) is 0 Å². The van der Waals surface area contributed by atoms with Crippen molar-refractivity contribution in [2.45, 2.75) is 6.04 Å². The number of nitrogens with zero attached hydrogens (tertiary/aromatic N) is 1. The summed E-state index contributed by atoms with van der Waals surface area (Å²) in [6.45, 7) is 0.932. The maximum absolute atomic E-state index is 12.4. The summed E-state index contributed by atoms with van der Waals surface area (Å²) in [5, 5.41) is 0.650. The topological polar surface area (TPSA) is 63.7 Å². The van der Waals surface area contributed by atoms with Crippen LogP contribution in [0.4, 0.5) is 0 Å². The molecule has 1 unspecified atom stereocenters. The maximum atomic E-state index is 12.4. The molecular weight excluding hydrogens is 409 g/mol. The lowest BCUT2D eigenvalue weighted by Crippen LogP contribution is -2.43. The molecule has 27 heavy (non-hydrogen) atoms. The third-order valence-corrected chi connectivity index (χ3v) is 6.88. The molecule has 0 aliphatic carbocycles. The van der Waals surface area contributed by atoms with E-state index in [0.29, 0.717) is 23.7 Å². The van der Waals surface area contributed by atoms with E-state index in [0.717, 1.165) is 5.56 Å². The van der Waals surface area contributed by atoms with Gasteiger partial charge in [-0.1, -0.05) is 53.5 Å². The molecule has 0 amide bonds. The first-order valence-corrected chi connectivity index (χ1v) is 11.0. The van der Waals surface area contributed by atoms with E-state index >= 15 is 0 Å². The number of halogens is 2. The molecule has 1 atom stereocenters. The summed E-state index contributed by atoms with van der Waals surface area (Å²) in [6, 6.07) is 14.0. The van der Waals surface area contributed by atoms with Gasteiger partial charge >= 0.3 is 5.97 Å². The molecule has 5 nitrogen and oxygen atoms in total. The number of carbonyl (C=O) groups is 1. The van der Waals surface area contributed by atoms with Crippen molar-refractivity contribution in [2.75, 3.05) is 31.2 Å². The van der Waals surface area contributed by atoms with Crippen molar-refractivity contribution in [2.24, 2.45) is 0 Å². The summed E-state index contributed by atoms with van der Waals surface area (Å²) in [5.41, 5.74) is 1.29. The van der Waals surface area contributed by atoms with Crippen LogP contribution >= 0.6 is 23.2 Å². The molecule has 8 heteroatoms. The fourth-order valence-corrected chi connectivity index (χ4v) is 4.51. The van der Waals surface area contributed by atoms with Crippen LogP contribution in [0.15, 0.2) is 48.5 Å². The van der Waals surface area contributed by atoms with Gasteiger partial charge in [0.15, 0.2) is 9.84 Å². The third-order valence-electron chi connectivity index (χ3n) is 4.53. The van der Waals surface area contributed by atoms with Crippen LogP contribution in [-0.2, 0) is 14.6 Å². The van der Waals surface area contributed by atoms with Crippen molar-refractivity contribution in [1.29, 1.82) is 0 Å². The minimum atomic E-state index is -2.99. The largest absolute Gasteiger partial charge is 0.460 e. The normalized spacial score (nSPS) is 18.0. The van der Waals surface area contributed by atoms with Crippen molar-refractivity contribution in [1.82, 2.24) is 4.90 Å². The van der Waals surface area contributed by atoms with Crippen LogP contribution in [0.3, 0.4) is 0 Å². The molecule has 0 N–H and O–H groups in total. The number of rotatable bonds is 5. The molecule has 3 rings (SSSR count). The Morgan fingerprint density at radius 1 is 1.04 bits per heavy atom. The Morgan fingerprint density at radius 3 is 2.33 bits per heavy atom. The Bertz CT molecular complexity index is 905. The number of carbonyl (C=O) groups excluding carboxylic acids is 1. The summed E-state index contributed by atoms with van der Waals surface area (Å²) >= 11 is 11.8. The number of ether oxygens (including phenoxy) is 1. The Balaban J connectivity index is 1.73. The van der Waals surface area contributed by atoms with Crippen LogP contribution in [0.1, 0.15) is 22.0 Å². The van der Waals surface area contributed by atoms with E-state index in [-0.39, 0.29) is 29.2 Å². The van der Waals surface area contributed by atoms with E-state index < -0.39 is 15.8 Å². The average Bonchev–Trinajstić information content (AvgIpc) is 2.66. The Labute approximate surface area is 168 Å². The molecule has 1 heterocycles. The molecular formula is C19H19Cl2NO4S. The van der Waals surface area contributed by atoms with E-state index in [9.17, 15) is 13.2 Å². The van der Waals surface area contributed by atoms with Crippen LogP contribution in [-0.4, -0.2) is 50.5 Å². The summed E-state index contributed by atoms with van der Waals surface area (Å²) in [4.78, 5) is 14.4. The minimum Gasteiger partial charge on any atom is -0.460 e. The molecule has 0 aromatic heterocycles. The molecule has 0 bridgehead atoms. The monoisotopic (exact) mass is 427 g/mol. The average molecular weight is 428 g/mol. The molecule has 144 valence electrons. The van der Waals surface area contributed by atoms with Gasteiger partial charge in [-0.3, -0.25) is 4.90 Å². The van der Waals surface area contributed by atoms with E-state index in [2.05, 4.69) is 0 Å². The summed E-state index contributed by atoms with van der Waals surface area (Å²) in [6.07, 6.45) is 0. The lowest BCUT2D eigenvalue weighted by atomic mass is 10.1. The van der Waals surface area contributed by atoms with Gasteiger partial charge < -0.3 is 4.74 Å². The zero-order valence-electron chi connectivity index (χ0n) is 14.5. The van der Waals surface area contributed by atoms with Crippen LogP contribution in [0, 0.1) is 0 Å². The lowest BCUT2D eigenvalue weighted by molar-refractivity contribution is 0.0355. The second-order valence-electron chi connectivity index (χ2n) is 6.34. The van der Waals surface area contributed by atoms with E-state index in [1.54, 1.807) is 12.1 Å². The van der Waals surface area contributed by atoms with Crippen LogP contribution in [0.25, 0.3) is 0 Å².